The summed E-state index contributed by atoms with van der Waals surface area (Å²) in [5, 5.41) is 14.9. The number of carbonyl (C=O) groups is 2. The minimum absolute atomic E-state index is 0.0540. The Morgan fingerprint density at radius 1 is 1.27 bits per heavy atom. The van der Waals surface area contributed by atoms with Gasteiger partial charge in [-0.1, -0.05) is 47.6 Å². The van der Waals surface area contributed by atoms with E-state index in [4.69, 9.17) is 11.6 Å². The zero-order valence-corrected chi connectivity index (χ0v) is 19.7. The first-order valence-electron chi connectivity index (χ1n) is 10.1. The van der Waals surface area contributed by atoms with E-state index in [0.717, 1.165) is 5.56 Å². The topological polar surface area (TPSA) is 88.9 Å². The van der Waals surface area contributed by atoms with Crippen molar-refractivity contribution in [2.24, 2.45) is 0 Å². The van der Waals surface area contributed by atoms with Gasteiger partial charge in [0.05, 0.1) is 17.4 Å². The Labute approximate surface area is 200 Å². The largest absolute Gasteiger partial charge is 0.342 e. The van der Waals surface area contributed by atoms with E-state index in [2.05, 4.69) is 27.4 Å². The Kier molecular flexibility index (Phi) is 8.24. The molecule has 0 aliphatic carbocycles. The maximum absolute atomic E-state index is 13.9. The van der Waals surface area contributed by atoms with Crippen LogP contribution in [0.1, 0.15) is 34.7 Å². The van der Waals surface area contributed by atoms with Gasteiger partial charge in [0.1, 0.15) is 5.82 Å². The lowest BCUT2D eigenvalue weighted by Gasteiger charge is -2.15. The number of carbonyl (C=O) groups excluding carboxylic acids is 2. The predicted molar refractivity (Wildman–Crippen MR) is 128 cm³/mol. The summed E-state index contributed by atoms with van der Waals surface area (Å²) < 4.78 is 15.7. The van der Waals surface area contributed by atoms with Crippen molar-refractivity contribution < 1.29 is 14.0 Å². The summed E-state index contributed by atoms with van der Waals surface area (Å²) in [6.07, 6.45) is 1.66. The van der Waals surface area contributed by atoms with Gasteiger partial charge < -0.3 is 15.2 Å². The van der Waals surface area contributed by atoms with Crippen LogP contribution in [0.15, 0.2) is 60.3 Å². The van der Waals surface area contributed by atoms with Crippen molar-refractivity contribution in [1.29, 1.82) is 0 Å². The number of benzene rings is 2. The van der Waals surface area contributed by atoms with Crippen LogP contribution in [0.4, 0.5) is 10.1 Å². The number of thioether (sulfide) groups is 1. The fourth-order valence-electron chi connectivity index (χ4n) is 3.06. The normalized spacial score (nSPS) is 11.6. The van der Waals surface area contributed by atoms with Crippen molar-refractivity contribution in [3.63, 3.8) is 0 Å². The van der Waals surface area contributed by atoms with E-state index in [-0.39, 0.29) is 17.2 Å². The first-order valence-corrected chi connectivity index (χ1v) is 11.4. The molecule has 2 N–H and O–H groups in total. The summed E-state index contributed by atoms with van der Waals surface area (Å²) >= 11 is 7.21. The van der Waals surface area contributed by atoms with Crippen LogP contribution in [-0.2, 0) is 11.3 Å². The second kappa shape index (κ2) is 11.1. The molecule has 0 saturated heterocycles. The zero-order chi connectivity index (χ0) is 24.0. The number of nitrogens with one attached hydrogen (secondary N) is 2. The van der Waals surface area contributed by atoms with Crippen molar-refractivity contribution in [1.82, 2.24) is 20.1 Å². The molecule has 2 amide bonds. The molecule has 172 valence electrons. The molecule has 0 bridgehead atoms. The Morgan fingerprint density at radius 2 is 2.03 bits per heavy atom. The molecule has 0 saturated carbocycles. The maximum atomic E-state index is 13.9. The predicted octanol–water partition coefficient (Wildman–Crippen LogP) is 4.79. The number of halogens is 2. The van der Waals surface area contributed by atoms with Crippen molar-refractivity contribution in [2.45, 2.75) is 31.6 Å². The summed E-state index contributed by atoms with van der Waals surface area (Å²) in [5.74, 6) is -0.822. The number of allylic oxidation sites excluding steroid dienone is 1. The van der Waals surface area contributed by atoms with E-state index in [1.807, 2.05) is 13.0 Å². The number of hydrogen-bond donors (Lipinski definition) is 2. The van der Waals surface area contributed by atoms with Gasteiger partial charge >= 0.3 is 0 Å². The molecular formula is C23H23ClFN5O2S. The quantitative estimate of drug-likeness (QED) is 0.335. The third-order valence-corrected chi connectivity index (χ3v) is 5.92. The van der Waals surface area contributed by atoms with Gasteiger partial charge in [0.2, 0.25) is 5.91 Å². The van der Waals surface area contributed by atoms with Crippen LogP contribution in [0.5, 0.6) is 0 Å². The van der Waals surface area contributed by atoms with Crippen LogP contribution in [0.25, 0.3) is 0 Å². The molecule has 0 aliphatic heterocycles. The number of aromatic nitrogens is 3. The monoisotopic (exact) mass is 487 g/mol. The van der Waals surface area contributed by atoms with Crippen LogP contribution >= 0.6 is 23.4 Å². The maximum Gasteiger partial charge on any atom is 0.254 e. The summed E-state index contributed by atoms with van der Waals surface area (Å²) in [6.45, 7) is 7.73. The number of nitrogens with zero attached hydrogens (tertiary/aromatic N) is 3. The highest BCUT2D eigenvalue weighted by molar-refractivity contribution is 7.99. The van der Waals surface area contributed by atoms with Gasteiger partial charge in [-0.2, -0.15) is 0 Å². The van der Waals surface area contributed by atoms with Gasteiger partial charge in [0.25, 0.3) is 5.91 Å². The van der Waals surface area contributed by atoms with E-state index < -0.39 is 17.8 Å². The number of hydrogen-bond acceptors (Lipinski definition) is 5. The van der Waals surface area contributed by atoms with Gasteiger partial charge in [-0.25, -0.2) is 4.39 Å². The second-order valence-corrected chi connectivity index (χ2v) is 8.59. The van der Waals surface area contributed by atoms with Gasteiger partial charge in [-0.3, -0.25) is 9.59 Å². The molecule has 3 aromatic rings. The third-order valence-electron chi connectivity index (χ3n) is 4.72. The minimum atomic E-state index is -0.605. The van der Waals surface area contributed by atoms with E-state index in [1.165, 1.54) is 30.0 Å². The molecule has 0 aliphatic rings. The number of rotatable bonds is 9. The van der Waals surface area contributed by atoms with Gasteiger partial charge in [-0.15, -0.1) is 16.8 Å². The van der Waals surface area contributed by atoms with E-state index >= 15 is 0 Å². The summed E-state index contributed by atoms with van der Waals surface area (Å²) in [7, 11) is 0. The first-order chi connectivity index (χ1) is 15.8. The number of anilines is 1. The molecule has 10 heteroatoms. The summed E-state index contributed by atoms with van der Waals surface area (Å²) in [4.78, 5) is 24.9. The van der Waals surface area contributed by atoms with Crippen molar-refractivity contribution in [2.75, 3.05) is 11.1 Å². The molecule has 7 nitrogen and oxygen atoms in total. The fraction of sp³-hybridized carbons (Fsp3) is 0.217. The lowest BCUT2D eigenvalue weighted by Crippen LogP contribution is -2.29. The smallest absolute Gasteiger partial charge is 0.254 e. The highest BCUT2D eigenvalue weighted by Gasteiger charge is 2.21. The molecule has 0 unspecified atom stereocenters. The lowest BCUT2D eigenvalue weighted by molar-refractivity contribution is -0.113. The van der Waals surface area contributed by atoms with Gasteiger partial charge in [-0.05, 0) is 43.7 Å². The molecule has 33 heavy (non-hydrogen) atoms. The standard InChI is InChI=1S/C23H23ClFN5O2S/c1-4-11-30-21(15(3)26-22(32)17-7-5-6-8-18(17)25)28-29-23(30)33-13-20(31)27-19-12-16(24)10-9-14(19)2/h4-10,12,15H,1,11,13H2,2-3H3,(H,26,32)(H,27,31)/t15-/m1/s1. The van der Waals surface area contributed by atoms with E-state index in [1.54, 1.807) is 35.8 Å². The molecule has 0 radical (unpaired) electrons. The first kappa shape index (κ1) is 24.5. The van der Waals surface area contributed by atoms with Crippen LogP contribution in [0.3, 0.4) is 0 Å². The Hall–Kier alpha value is -3.17. The minimum Gasteiger partial charge on any atom is -0.342 e. The number of aryl methyl sites for hydroxylation is 1. The molecule has 2 aromatic carbocycles. The Bertz CT molecular complexity index is 1180. The molecule has 3 rings (SSSR count). The van der Waals surface area contributed by atoms with E-state index in [9.17, 15) is 14.0 Å². The molecular weight excluding hydrogens is 465 g/mol. The average molecular weight is 488 g/mol. The van der Waals surface area contributed by atoms with Crippen LogP contribution < -0.4 is 10.6 Å². The Balaban J connectivity index is 1.69. The van der Waals surface area contributed by atoms with E-state index in [0.29, 0.717) is 28.2 Å². The van der Waals surface area contributed by atoms with Crippen LogP contribution in [0.2, 0.25) is 5.02 Å². The second-order valence-electron chi connectivity index (χ2n) is 7.21. The molecule has 0 fully saturated rings. The number of amides is 2. The van der Waals surface area contributed by atoms with Crippen molar-refractivity contribution in [3.8, 4) is 0 Å². The van der Waals surface area contributed by atoms with Crippen LogP contribution in [-0.4, -0.2) is 32.3 Å². The highest BCUT2D eigenvalue weighted by Crippen LogP contribution is 2.23. The van der Waals surface area contributed by atoms with Crippen LogP contribution in [0, 0.1) is 12.7 Å². The van der Waals surface area contributed by atoms with Gasteiger partial charge in [0, 0.05) is 17.3 Å². The average Bonchev–Trinajstić information content (AvgIpc) is 3.18. The van der Waals surface area contributed by atoms with Crippen molar-refractivity contribution >= 4 is 40.9 Å². The lowest BCUT2D eigenvalue weighted by atomic mass is 10.2. The molecule has 0 spiro atoms. The fourth-order valence-corrected chi connectivity index (χ4v) is 3.98. The summed E-state index contributed by atoms with van der Waals surface area (Å²) in [6, 6.07) is 10.5. The Morgan fingerprint density at radius 3 is 2.76 bits per heavy atom. The molecule has 1 heterocycles. The summed E-state index contributed by atoms with van der Waals surface area (Å²) in [5.41, 5.74) is 1.49. The SMILES string of the molecule is C=CCn1c(SCC(=O)Nc2cc(Cl)ccc2C)nnc1[C@@H](C)NC(=O)c1ccccc1F. The van der Waals surface area contributed by atoms with Crippen molar-refractivity contribution in [3.05, 3.63) is 82.9 Å². The highest BCUT2D eigenvalue weighted by atomic mass is 35.5. The molecule has 1 atom stereocenters. The third kappa shape index (κ3) is 6.21. The van der Waals surface area contributed by atoms with Gasteiger partial charge in [0.15, 0.2) is 11.0 Å². The molecule has 1 aromatic heterocycles. The zero-order valence-electron chi connectivity index (χ0n) is 18.1.